The van der Waals surface area contributed by atoms with Crippen molar-refractivity contribution < 1.29 is 4.92 Å². The second-order valence-electron chi connectivity index (χ2n) is 2.04. The lowest BCUT2D eigenvalue weighted by molar-refractivity contribution is -0.419. The Morgan fingerprint density at radius 3 is 2.82 bits per heavy atom. The number of hydrogen-bond donors (Lipinski definition) is 0. The van der Waals surface area contributed by atoms with E-state index in [1.54, 1.807) is 6.08 Å². The van der Waals surface area contributed by atoms with Gasteiger partial charge in [-0.25, -0.2) is 0 Å². The molecule has 0 saturated heterocycles. The topological polar surface area (TPSA) is 43.1 Å². The zero-order valence-electron chi connectivity index (χ0n) is 5.66. The van der Waals surface area contributed by atoms with Crippen LogP contribution in [0.1, 0.15) is 6.42 Å². The van der Waals surface area contributed by atoms with Crippen LogP contribution in [0.4, 0.5) is 0 Å². The average Bonchev–Trinajstić information content (AvgIpc) is 2.13. The van der Waals surface area contributed by atoms with E-state index in [-0.39, 0.29) is 5.70 Å². The molecule has 0 amide bonds. The highest BCUT2D eigenvalue weighted by Crippen LogP contribution is 2.13. The van der Waals surface area contributed by atoms with Crippen LogP contribution in [0.5, 0.6) is 0 Å². The van der Waals surface area contributed by atoms with Gasteiger partial charge in [0.1, 0.15) is 0 Å². The zero-order valence-corrected chi connectivity index (χ0v) is 6.41. The lowest BCUT2D eigenvalue weighted by Crippen LogP contribution is -1.93. The van der Waals surface area contributed by atoms with E-state index in [0.717, 1.165) is 0 Å². The van der Waals surface area contributed by atoms with Gasteiger partial charge < -0.3 is 0 Å². The van der Waals surface area contributed by atoms with Crippen LogP contribution in [0.2, 0.25) is 0 Å². The van der Waals surface area contributed by atoms with Gasteiger partial charge in [0.2, 0.25) is 0 Å². The van der Waals surface area contributed by atoms with Crippen molar-refractivity contribution in [3.05, 3.63) is 45.1 Å². The third kappa shape index (κ3) is 2.20. The van der Waals surface area contributed by atoms with Crippen LogP contribution >= 0.6 is 11.6 Å². The summed E-state index contributed by atoms with van der Waals surface area (Å²) in [6, 6.07) is 0. The van der Waals surface area contributed by atoms with Crippen LogP contribution in [-0.2, 0) is 0 Å². The largest absolute Gasteiger partial charge is 0.265 e. The molecule has 0 radical (unpaired) electrons. The first kappa shape index (κ1) is 8.01. The van der Waals surface area contributed by atoms with Crippen LogP contribution in [0.3, 0.4) is 0 Å². The number of hydrogen-bond acceptors (Lipinski definition) is 2. The van der Waals surface area contributed by atoms with E-state index >= 15 is 0 Å². The Morgan fingerprint density at radius 1 is 1.45 bits per heavy atom. The highest BCUT2D eigenvalue weighted by Gasteiger charge is 2.06. The molecule has 58 valence electrons. The Kier molecular flexibility index (Phi) is 2.44. The number of nitro groups is 1. The van der Waals surface area contributed by atoms with Crippen LogP contribution in [0, 0.1) is 10.1 Å². The summed E-state index contributed by atoms with van der Waals surface area (Å²) < 4.78 is 0. The molecule has 11 heavy (non-hydrogen) atoms. The van der Waals surface area contributed by atoms with E-state index < -0.39 is 4.92 Å². The molecular weight excluding hydrogens is 166 g/mol. The third-order valence-corrected chi connectivity index (χ3v) is 1.54. The molecule has 0 N–H and O–H groups in total. The molecular formula is C7H6ClNO2. The minimum absolute atomic E-state index is 0.0944. The van der Waals surface area contributed by atoms with Gasteiger partial charge in [0.15, 0.2) is 0 Å². The Labute approximate surface area is 68.8 Å². The van der Waals surface area contributed by atoms with Gasteiger partial charge >= 0.3 is 0 Å². The molecule has 0 aromatic rings. The molecule has 1 rings (SSSR count). The van der Waals surface area contributed by atoms with Gasteiger partial charge in [0.25, 0.3) is 5.70 Å². The van der Waals surface area contributed by atoms with Crippen LogP contribution in [0.15, 0.2) is 35.0 Å². The quantitative estimate of drug-likeness (QED) is 0.449. The second-order valence-corrected chi connectivity index (χ2v) is 2.48. The Balaban J connectivity index is 2.82. The molecule has 0 spiro atoms. The van der Waals surface area contributed by atoms with Gasteiger partial charge in [-0.1, -0.05) is 17.7 Å². The second kappa shape index (κ2) is 3.34. The van der Waals surface area contributed by atoms with Crippen LogP contribution < -0.4 is 0 Å². The summed E-state index contributed by atoms with van der Waals surface area (Å²) in [7, 11) is 0. The molecule has 0 fully saturated rings. The van der Waals surface area contributed by atoms with E-state index in [2.05, 4.69) is 0 Å². The predicted octanol–water partition coefficient (Wildman–Crippen LogP) is 2.23. The van der Waals surface area contributed by atoms with E-state index in [9.17, 15) is 10.1 Å². The first-order valence-corrected chi connectivity index (χ1v) is 3.46. The summed E-state index contributed by atoms with van der Waals surface area (Å²) in [6.07, 6.45) is 6.66. The summed E-state index contributed by atoms with van der Waals surface area (Å²) in [5.41, 5.74) is 0.0944. The molecule has 4 heteroatoms. The van der Waals surface area contributed by atoms with Crippen molar-refractivity contribution in [3.63, 3.8) is 0 Å². The third-order valence-electron chi connectivity index (χ3n) is 1.26. The molecule has 0 atom stereocenters. The monoisotopic (exact) mass is 171 g/mol. The highest BCUT2D eigenvalue weighted by molar-refractivity contribution is 6.31. The summed E-state index contributed by atoms with van der Waals surface area (Å²) >= 11 is 5.61. The smallest absolute Gasteiger partial charge is 0.258 e. The molecule has 0 heterocycles. The normalized spacial score (nSPS) is 16.8. The highest BCUT2D eigenvalue weighted by atomic mass is 35.5. The number of allylic oxidation sites excluding steroid dienone is 5. The number of halogens is 1. The van der Waals surface area contributed by atoms with Crippen molar-refractivity contribution in [2.75, 3.05) is 0 Å². The molecule has 3 nitrogen and oxygen atoms in total. The van der Waals surface area contributed by atoms with E-state index in [4.69, 9.17) is 11.6 Å². The van der Waals surface area contributed by atoms with Crippen molar-refractivity contribution in [2.45, 2.75) is 6.42 Å². The molecule has 1 aliphatic carbocycles. The molecule has 0 aromatic carbocycles. The first-order valence-electron chi connectivity index (χ1n) is 3.08. The maximum absolute atomic E-state index is 10.2. The van der Waals surface area contributed by atoms with Crippen LogP contribution in [0.25, 0.3) is 0 Å². The van der Waals surface area contributed by atoms with E-state index in [1.807, 2.05) is 0 Å². The van der Waals surface area contributed by atoms with Crippen molar-refractivity contribution in [2.24, 2.45) is 0 Å². The minimum atomic E-state index is -0.431. The average molecular weight is 172 g/mol. The Hall–Kier alpha value is -1.09. The first-order chi connectivity index (χ1) is 5.20. The van der Waals surface area contributed by atoms with Crippen molar-refractivity contribution in [1.29, 1.82) is 0 Å². The van der Waals surface area contributed by atoms with Gasteiger partial charge in [0.05, 0.1) is 4.92 Å². The molecule has 0 unspecified atom stereocenters. The van der Waals surface area contributed by atoms with Gasteiger partial charge in [-0.2, -0.15) is 0 Å². The fourth-order valence-electron chi connectivity index (χ4n) is 0.729. The van der Waals surface area contributed by atoms with Gasteiger partial charge in [-0.3, -0.25) is 10.1 Å². The summed E-state index contributed by atoms with van der Waals surface area (Å²) in [5.74, 6) is 0. The summed E-state index contributed by atoms with van der Waals surface area (Å²) in [5, 5.41) is 10.8. The Morgan fingerprint density at radius 2 is 2.18 bits per heavy atom. The Bertz CT molecular complexity index is 266. The van der Waals surface area contributed by atoms with Gasteiger partial charge in [-0.05, 0) is 18.6 Å². The molecule has 0 saturated carbocycles. The SMILES string of the molecule is O=[N+]([O-])C1=CCC=C(Cl)C=C1. The number of nitrogens with zero attached hydrogens (tertiary/aromatic N) is 1. The van der Waals surface area contributed by atoms with Crippen molar-refractivity contribution in [3.8, 4) is 0 Å². The lowest BCUT2D eigenvalue weighted by Gasteiger charge is -1.85. The lowest BCUT2D eigenvalue weighted by atomic mass is 10.3. The molecule has 0 aliphatic heterocycles. The van der Waals surface area contributed by atoms with Crippen molar-refractivity contribution in [1.82, 2.24) is 0 Å². The fraction of sp³-hybridized carbons (Fsp3) is 0.143. The zero-order chi connectivity index (χ0) is 8.27. The van der Waals surface area contributed by atoms with Crippen LogP contribution in [-0.4, -0.2) is 4.92 Å². The van der Waals surface area contributed by atoms with E-state index in [0.29, 0.717) is 11.5 Å². The predicted molar refractivity (Wildman–Crippen MR) is 42.8 cm³/mol. The summed E-state index contributed by atoms with van der Waals surface area (Å²) in [6.45, 7) is 0. The standard InChI is InChI=1S/C7H6ClNO2/c8-6-2-1-3-7(5-4-6)9(10)11/h2-5H,1H2. The van der Waals surface area contributed by atoms with Gasteiger partial charge in [0, 0.05) is 11.1 Å². The molecule has 1 aliphatic rings. The maximum atomic E-state index is 10.2. The molecule has 0 bridgehead atoms. The number of rotatable bonds is 1. The van der Waals surface area contributed by atoms with E-state index in [1.165, 1.54) is 18.2 Å². The fourth-order valence-corrected chi connectivity index (χ4v) is 0.881. The maximum Gasteiger partial charge on any atom is 0.265 e. The summed E-state index contributed by atoms with van der Waals surface area (Å²) in [4.78, 5) is 9.80. The minimum Gasteiger partial charge on any atom is -0.258 e. The van der Waals surface area contributed by atoms with Crippen molar-refractivity contribution >= 4 is 11.6 Å². The molecule has 0 aromatic heterocycles. The van der Waals surface area contributed by atoms with Gasteiger partial charge in [-0.15, -0.1) is 0 Å².